The second-order valence-electron chi connectivity index (χ2n) is 6.60. The van der Waals surface area contributed by atoms with E-state index in [4.69, 9.17) is 4.74 Å². The number of nitrogens with zero attached hydrogens (tertiary/aromatic N) is 5. The third kappa shape index (κ3) is 2.69. The first-order valence-corrected chi connectivity index (χ1v) is 8.36. The molecular weight excluding hydrogens is 310 g/mol. The summed E-state index contributed by atoms with van der Waals surface area (Å²) >= 11 is 0. The number of imidazole rings is 1. The van der Waals surface area contributed by atoms with Crippen molar-refractivity contribution in [3.8, 4) is 0 Å². The molecule has 1 aliphatic rings. The van der Waals surface area contributed by atoms with Crippen molar-refractivity contribution in [2.45, 2.75) is 46.1 Å². The smallest absolute Gasteiger partial charge is 0.332 e. The SMILES string of the molecule is CCn1c(CN2C[C@@H](C)O[C@@H](C)C2)nc2c1c(=O)n(C)c(=O)n2C. The molecule has 0 bridgehead atoms. The minimum Gasteiger partial charge on any atom is -0.373 e. The van der Waals surface area contributed by atoms with Crippen LogP contribution in [-0.2, 0) is 31.9 Å². The molecule has 0 spiro atoms. The second kappa shape index (κ2) is 6.18. The lowest BCUT2D eigenvalue weighted by molar-refractivity contribution is -0.0712. The minimum absolute atomic E-state index is 0.172. The predicted octanol–water partition coefficient (Wildman–Crippen LogP) is 0.0628. The highest BCUT2D eigenvalue weighted by Crippen LogP contribution is 2.17. The van der Waals surface area contributed by atoms with Crippen LogP contribution in [0.3, 0.4) is 0 Å². The Bertz CT molecular complexity index is 868. The second-order valence-corrected chi connectivity index (χ2v) is 6.60. The van der Waals surface area contributed by atoms with Gasteiger partial charge < -0.3 is 9.30 Å². The average molecular weight is 335 g/mol. The van der Waals surface area contributed by atoms with E-state index in [0.29, 0.717) is 24.3 Å². The average Bonchev–Trinajstić information content (AvgIpc) is 2.88. The third-order valence-corrected chi connectivity index (χ3v) is 4.60. The first-order valence-electron chi connectivity index (χ1n) is 8.36. The highest BCUT2D eigenvalue weighted by atomic mass is 16.5. The molecule has 3 rings (SSSR count). The van der Waals surface area contributed by atoms with Crippen molar-refractivity contribution in [2.24, 2.45) is 14.1 Å². The van der Waals surface area contributed by atoms with Gasteiger partial charge in [0, 0.05) is 33.7 Å². The topological polar surface area (TPSA) is 74.3 Å². The van der Waals surface area contributed by atoms with Crippen LogP contribution in [0, 0.1) is 0 Å². The third-order valence-electron chi connectivity index (χ3n) is 4.60. The fourth-order valence-electron chi connectivity index (χ4n) is 3.57. The van der Waals surface area contributed by atoms with Gasteiger partial charge in [-0.2, -0.15) is 0 Å². The number of hydrogen-bond acceptors (Lipinski definition) is 5. The summed E-state index contributed by atoms with van der Waals surface area (Å²) < 4.78 is 10.3. The lowest BCUT2D eigenvalue weighted by Gasteiger charge is -2.35. The van der Waals surface area contributed by atoms with Crippen LogP contribution in [0.4, 0.5) is 0 Å². The Hall–Kier alpha value is -1.93. The van der Waals surface area contributed by atoms with Gasteiger partial charge in [-0.3, -0.25) is 18.8 Å². The summed E-state index contributed by atoms with van der Waals surface area (Å²) in [5.41, 5.74) is 0.298. The van der Waals surface area contributed by atoms with Crippen LogP contribution in [0.1, 0.15) is 26.6 Å². The zero-order chi connectivity index (χ0) is 17.6. The first kappa shape index (κ1) is 16.9. The standard InChI is InChI=1S/C16H25N5O3/c1-6-21-12(9-20-7-10(2)24-11(3)8-20)17-14-13(21)15(22)19(5)16(23)18(14)4/h10-11H,6-9H2,1-5H3/t10-,11+. The number of aromatic nitrogens is 4. The van der Waals surface area contributed by atoms with Crippen molar-refractivity contribution in [1.82, 2.24) is 23.6 Å². The van der Waals surface area contributed by atoms with E-state index in [2.05, 4.69) is 23.7 Å². The Morgan fingerprint density at radius 3 is 2.33 bits per heavy atom. The monoisotopic (exact) mass is 335 g/mol. The fraction of sp³-hybridized carbons (Fsp3) is 0.688. The molecule has 0 radical (unpaired) electrons. The summed E-state index contributed by atoms with van der Waals surface area (Å²) in [6.07, 6.45) is 0.343. The molecule has 1 fully saturated rings. The summed E-state index contributed by atoms with van der Waals surface area (Å²) in [5.74, 6) is 0.812. The van der Waals surface area contributed by atoms with Gasteiger partial charge in [-0.25, -0.2) is 9.78 Å². The van der Waals surface area contributed by atoms with Gasteiger partial charge in [-0.15, -0.1) is 0 Å². The molecular formula is C16H25N5O3. The number of morpholine rings is 1. The number of fused-ring (bicyclic) bond motifs is 1. The van der Waals surface area contributed by atoms with E-state index < -0.39 is 0 Å². The molecule has 0 unspecified atom stereocenters. The summed E-state index contributed by atoms with van der Waals surface area (Å²) in [4.78, 5) is 31.6. The van der Waals surface area contributed by atoms with Crippen molar-refractivity contribution < 1.29 is 4.74 Å². The fourth-order valence-corrected chi connectivity index (χ4v) is 3.57. The molecule has 24 heavy (non-hydrogen) atoms. The molecule has 2 atom stereocenters. The van der Waals surface area contributed by atoms with E-state index in [0.717, 1.165) is 23.5 Å². The van der Waals surface area contributed by atoms with Crippen LogP contribution in [0.2, 0.25) is 0 Å². The first-order chi connectivity index (χ1) is 11.3. The van der Waals surface area contributed by atoms with E-state index in [-0.39, 0.29) is 23.5 Å². The van der Waals surface area contributed by atoms with Gasteiger partial charge >= 0.3 is 5.69 Å². The van der Waals surface area contributed by atoms with E-state index in [1.165, 1.54) is 11.6 Å². The van der Waals surface area contributed by atoms with Crippen LogP contribution in [0.25, 0.3) is 11.2 Å². The van der Waals surface area contributed by atoms with E-state index in [9.17, 15) is 9.59 Å². The van der Waals surface area contributed by atoms with Gasteiger partial charge in [0.2, 0.25) is 0 Å². The Balaban J connectivity index is 2.09. The zero-order valence-electron chi connectivity index (χ0n) is 14.9. The molecule has 1 saturated heterocycles. The normalized spacial score (nSPS) is 22.4. The largest absolute Gasteiger partial charge is 0.373 e. The van der Waals surface area contributed by atoms with Gasteiger partial charge in [-0.05, 0) is 20.8 Å². The predicted molar refractivity (Wildman–Crippen MR) is 91.2 cm³/mol. The Kier molecular flexibility index (Phi) is 4.35. The summed E-state index contributed by atoms with van der Waals surface area (Å²) in [5, 5.41) is 0. The molecule has 132 valence electrons. The molecule has 2 aromatic heterocycles. The van der Waals surface area contributed by atoms with Crippen molar-refractivity contribution >= 4 is 11.2 Å². The lowest BCUT2D eigenvalue weighted by atomic mass is 10.2. The highest BCUT2D eigenvalue weighted by Gasteiger charge is 2.25. The maximum absolute atomic E-state index is 12.5. The molecule has 2 aromatic rings. The highest BCUT2D eigenvalue weighted by molar-refractivity contribution is 5.71. The molecule has 1 aliphatic heterocycles. The molecule has 0 aliphatic carbocycles. The van der Waals surface area contributed by atoms with Crippen molar-refractivity contribution in [1.29, 1.82) is 0 Å². The number of aryl methyl sites for hydroxylation is 2. The van der Waals surface area contributed by atoms with E-state index in [1.54, 1.807) is 7.05 Å². The minimum atomic E-state index is -0.353. The zero-order valence-corrected chi connectivity index (χ0v) is 14.9. The molecule has 8 heteroatoms. The summed E-state index contributed by atoms with van der Waals surface area (Å²) in [7, 11) is 3.15. The van der Waals surface area contributed by atoms with Crippen LogP contribution in [0.5, 0.6) is 0 Å². The van der Waals surface area contributed by atoms with E-state index >= 15 is 0 Å². The molecule has 0 amide bonds. The Labute approximate surface area is 140 Å². The maximum atomic E-state index is 12.5. The molecule has 0 saturated carbocycles. The van der Waals surface area contributed by atoms with Gasteiger partial charge in [0.1, 0.15) is 5.82 Å². The van der Waals surface area contributed by atoms with Crippen molar-refractivity contribution in [3.63, 3.8) is 0 Å². The Morgan fingerprint density at radius 2 is 1.75 bits per heavy atom. The molecule has 0 aromatic carbocycles. The molecule has 8 nitrogen and oxygen atoms in total. The molecule has 0 N–H and O–H groups in total. The summed E-state index contributed by atoms with van der Waals surface area (Å²) in [6.45, 7) is 9.03. The number of rotatable bonds is 3. The maximum Gasteiger partial charge on any atom is 0.332 e. The van der Waals surface area contributed by atoms with Gasteiger partial charge in [0.25, 0.3) is 5.56 Å². The van der Waals surface area contributed by atoms with Crippen molar-refractivity contribution in [3.05, 3.63) is 26.7 Å². The van der Waals surface area contributed by atoms with Gasteiger partial charge in [-0.1, -0.05) is 0 Å². The molecule has 3 heterocycles. The van der Waals surface area contributed by atoms with Crippen LogP contribution >= 0.6 is 0 Å². The summed E-state index contributed by atoms with van der Waals surface area (Å²) in [6, 6.07) is 0. The van der Waals surface area contributed by atoms with Crippen LogP contribution < -0.4 is 11.2 Å². The quantitative estimate of drug-likeness (QED) is 0.793. The lowest BCUT2D eigenvalue weighted by Crippen LogP contribution is -2.45. The van der Waals surface area contributed by atoms with Gasteiger partial charge in [0.15, 0.2) is 11.2 Å². The number of ether oxygens (including phenoxy) is 1. The van der Waals surface area contributed by atoms with Crippen LogP contribution in [0.15, 0.2) is 9.59 Å². The van der Waals surface area contributed by atoms with Crippen LogP contribution in [-0.4, -0.2) is 48.9 Å². The van der Waals surface area contributed by atoms with Crippen molar-refractivity contribution in [2.75, 3.05) is 13.1 Å². The number of hydrogen-bond donors (Lipinski definition) is 0. The van der Waals surface area contributed by atoms with E-state index in [1.807, 2.05) is 11.5 Å². The van der Waals surface area contributed by atoms with Gasteiger partial charge in [0.05, 0.1) is 18.8 Å². The Morgan fingerprint density at radius 1 is 1.12 bits per heavy atom.